The van der Waals surface area contributed by atoms with Crippen molar-refractivity contribution in [2.45, 2.75) is 6.42 Å². The zero-order chi connectivity index (χ0) is 8.27. The topological polar surface area (TPSA) is 76.5 Å². The first kappa shape index (κ1) is 7.71. The third-order valence-corrected chi connectivity index (χ3v) is 1.38. The Labute approximate surface area is 63.8 Å². The number of nitrogens with one attached hydrogen (secondary N) is 1. The lowest BCUT2D eigenvalue weighted by molar-refractivity contribution is -0.112. The monoisotopic (exact) mass is 155 g/mol. The fraction of sp³-hybridized carbons (Fsp3) is 0.500. The third kappa shape index (κ3) is 1.76. The molecule has 11 heavy (non-hydrogen) atoms. The first-order chi connectivity index (χ1) is 5.29. The largest absolute Gasteiger partial charge is 0.409 e. The number of hydrogen-bond donors (Lipinski definition) is 2. The van der Waals surface area contributed by atoms with Crippen molar-refractivity contribution in [3.05, 3.63) is 0 Å². The van der Waals surface area contributed by atoms with Gasteiger partial charge in [-0.25, -0.2) is 0 Å². The first-order valence-electron chi connectivity index (χ1n) is 3.28. The predicted octanol–water partition coefficient (Wildman–Crippen LogP) is -0.302. The van der Waals surface area contributed by atoms with E-state index in [9.17, 15) is 4.79 Å². The maximum atomic E-state index is 11.0. The summed E-state index contributed by atoms with van der Waals surface area (Å²) in [6.07, 6.45) is 1.01. The molecule has 0 aliphatic carbocycles. The van der Waals surface area contributed by atoms with Crippen LogP contribution in [0.3, 0.4) is 0 Å². The number of amidine groups is 1. The van der Waals surface area contributed by atoms with Crippen LogP contribution in [0.15, 0.2) is 5.16 Å². The van der Waals surface area contributed by atoms with E-state index in [2.05, 4.69) is 5.16 Å². The summed E-state index contributed by atoms with van der Waals surface area (Å²) < 4.78 is 0. The lowest BCUT2D eigenvalue weighted by atomic mass is 10.3. The molecule has 0 saturated carbocycles. The molecule has 0 aromatic carbocycles. The third-order valence-electron chi connectivity index (χ3n) is 1.38. The molecular formula is C6H9N3O2. The Morgan fingerprint density at radius 2 is 2.36 bits per heavy atom. The number of ketones is 1. The predicted molar refractivity (Wildman–Crippen MR) is 39.2 cm³/mol. The molecule has 0 radical (unpaired) electrons. The average Bonchev–Trinajstić information content (AvgIpc) is 2.73. The molecule has 0 spiro atoms. The highest BCUT2D eigenvalue weighted by Crippen LogP contribution is 2.06. The minimum absolute atomic E-state index is 0.00981. The zero-order valence-corrected chi connectivity index (χ0v) is 5.95. The highest BCUT2D eigenvalue weighted by Gasteiger charge is 2.27. The van der Waals surface area contributed by atoms with Gasteiger partial charge in [-0.1, -0.05) is 5.16 Å². The molecule has 1 aliphatic heterocycles. The van der Waals surface area contributed by atoms with Crippen LogP contribution in [0.1, 0.15) is 6.42 Å². The van der Waals surface area contributed by atoms with Crippen LogP contribution in [0.25, 0.3) is 0 Å². The van der Waals surface area contributed by atoms with E-state index in [4.69, 9.17) is 10.6 Å². The van der Waals surface area contributed by atoms with E-state index < -0.39 is 0 Å². The summed E-state index contributed by atoms with van der Waals surface area (Å²) in [4.78, 5) is 12.6. The molecule has 1 rings (SSSR count). The van der Waals surface area contributed by atoms with Gasteiger partial charge in [-0.15, -0.1) is 0 Å². The molecule has 5 nitrogen and oxygen atoms in total. The number of carbonyl (C=O) groups is 1. The van der Waals surface area contributed by atoms with Crippen molar-refractivity contribution in [1.82, 2.24) is 4.90 Å². The van der Waals surface area contributed by atoms with Crippen molar-refractivity contribution in [1.29, 1.82) is 5.41 Å². The molecule has 0 unspecified atom stereocenters. The second-order valence-corrected chi connectivity index (χ2v) is 2.24. The summed E-state index contributed by atoms with van der Waals surface area (Å²) in [7, 11) is 0. The van der Waals surface area contributed by atoms with Crippen LogP contribution in [0, 0.1) is 5.41 Å². The van der Waals surface area contributed by atoms with Crippen molar-refractivity contribution in [2.75, 3.05) is 13.1 Å². The van der Waals surface area contributed by atoms with Gasteiger partial charge in [-0.3, -0.25) is 4.79 Å². The van der Waals surface area contributed by atoms with Crippen molar-refractivity contribution >= 4 is 17.8 Å². The van der Waals surface area contributed by atoms with Crippen molar-refractivity contribution < 1.29 is 10.0 Å². The van der Waals surface area contributed by atoms with E-state index in [0.29, 0.717) is 0 Å². The quantitative estimate of drug-likeness (QED) is 0.193. The standard InChI is InChI=1S/C6H9N3O2/c7-2-1-5(10)6(8-11)9-3-4-9/h2,7,11H,1,3-4H2/b7-2?,8-6-. The maximum absolute atomic E-state index is 11.0. The van der Waals surface area contributed by atoms with Crippen molar-refractivity contribution in [3.8, 4) is 0 Å². The van der Waals surface area contributed by atoms with Gasteiger partial charge in [0.15, 0.2) is 0 Å². The van der Waals surface area contributed by atoms with Gasteiger partial charge in [-0.2, -0.15) is 0 Å². The Balaban J connectivity index is 2.54. The fourth-order valence-corrected chi connectivity index (χ4v) is 0.741. The summed E-state index contributed by atoms with van der Waals surface area (Å²) in [5, 5.41) is 17.9. The smallest absolute Gasteiger partial charge is 0.211 e. The lowest BCUT2D eigenvalue weighted by Gasteiger charge is -2.00. The van der Waals surface area contributed by atoms with Crippen LogP contribution in [-0.2, 0) is 4.79 Å². The normalized spacial score (nSPS) is 16.4. The van der Waals surface area contributed by atoms with E-state index >= 15 is 0 Å². The Hall–Kier alpha value is -1.39. The van der Waals surface area contributed by atoms with Crippen LogP contribution >= 0.6 is 0 Å². The van der Waals surface area contributed by atoms with Gasteiger partial charge < -0.3 is 15.5 Å². The number of rotatable bonds is 3. The number of nitrogens with zero attached hydrogens (tertiary/aromatic N) is 2. The second kappa shape index (κ2) is 3.14. The van der Waals surface area contributed by atoms with Gasteiger partial charge in [0.2, 0.25) is 11.6 Å². The number of hydrogen-bond acceptors (Lipinski definition) is 4. The summed E-state index contributed by atoms with van der Waals surface area (Å²) in [6, 6.07) is 0. The molecule has 60 valence electrons. The molecule has 1 aliphatic rings. The van der Waals surface area contributed by atoms with E-state index in [1.54, 1.807) is 4.90 Å². The Morgan fingerprint density at radius 1 is 1.73 bits per heavy atom. The number of oxime groups is 1. The van der Waals surface area contributed by atoms with Gasteiger partial charge in [-0.05, 0) is 0 Å². The summed E-state index contributed by atoms with van der Waals surface area (Å²) in [5.41, 5.74) is 0. The molecule has 1 heterocycles. The molecule has 0 bridgehead atoms. The molecule has 0 atom stereocenters. The molecule has 0 aromatic rings. The maximum Gasteiger partial charge on any atom is 0.211 e. The lowest BCUT2D eigenvalue weighted by Crippen LogP contribution is -2.22. The van der Waals surface area contributed by atoms with E-state index in [1.165, 1.54) is 0 Å². The van der Waals surface area contributed by atoms with E-state index in [-0.39, 0.29) is 18.0 Å². The highest BCUT2D eigenvalue weighted by atomic mass is 16.4. The second-order valence-electron chi connectivity index (χ2n) is 2.24. The van der Waals surface area contributed by atoms with E-state index in [0.717, 1.165) is 19.3 Å². The number of Topliss-reactive ketones (excluding diaryl/α,β-unsaturated/α-hetero) is 1. The molecule has 1 saturated heterocycles. The van der Waals surface area contributed by atoms with E-state index in [1.807, 2.05) is 0 Å². The average molecular weight is 155 g/mol. The van der Waals surface area contributed by atoms with Gasteiger partial charge >= 0.3 is 0 Å². The van der Waals surface area contributed by atoms with Crippen LogP contribution in [0.2, 0.25) is 0 Å². The molecule has 1 fully saturated rings. The fourth-order valence-electron chi connectivity index (χ4n) is 0.741. The molecule has 2 N–H and O–H groups in total. The molecule has 0 amide bonds. The number of carbonyl (C=O) groups excluding carboxylic acids is 1. The van der Waals surface area contributed by atoms with Crippen LogP contribution in [0.4, 0.5) is 0 Å². The van der Waals surface area contributed by atoms with Gasteiger partial charge in [0, 0.05) is 25.7 Å². The zero-order valence-electron chi connectivity index (χ0n) is 5.95. The Morgan fingerprint density at radius 3 is 2.73 bits per heavy atom. The Bertz CT molecular complexity index is 208. The van der Waals surface area contributed by atoms with Gasteiger partial charge in [0.25, 0.3) is 0 Å². The summed E-state index contributed by atoms with van der Waals surface area (Å²) in [6.45, 7) is 1.53. The highest BCUT2D eigenvalue weighted by molar-refractivity contribution is 6.41. The SMILES string of the molecule is N=CCC(=O)/C(=N/O)N1CC1. The van der Waals surface area contributed by atoms with Crippen molar-refractivity contribution in [3.63, 3.8) is 0 Å². The molecular weight excluding hydrogens is 146 g/mol. The minimum Gasteiger partial charge on any atom is -0.409 e. The molecule has 0 aromatic heterocycles. The minimum atomic E-state index is -0.306. The van der Waals surface area contributed by atoms with Gasteiger partial charge in [0.05, 0.1) is 0 Å². The first-order valence-corrected chi connectivity index (χ1v) is 3.28. The van der Waals surface area contributed by atoms with Crippen LogP contribution in [0.5, 0.6) is 0 Å². The van der Waals surface area contributed by atoms with Crippen LogP contribution < -0.4 is 0 Å². The summed E-state index contributed by atoms with van der Waals surface area (Å²) >= 11 is 0. The summed E-state index contributed by atoms with van der Waals surface area (Å²) in [5.74, 6) is -0.228. The molecule has 5 heteroatoms. The van der Waals surface area contributed by atoms with Crippen LogP contribution in [-0.4, -0.2) is 41.0 Å². The Kier molecular flexibility index (Phi) is 2.20. The van der Waals surface area contributed by atoms with Crippen molar-refractivity contribution in [2.24, 2.45) is 5.16 Å². The van der Waals surface area contributed by atoms with Gasteiger partial charge in [0.1, 0.15) is 0 Å².